The molecule has 112 valence electrons. The van der Waals surface area contributed by atoms with Crippen LogP contribution in [0.1, 0.15) is 5.82 Å². The van der Waals surface area contributed by atoms with Crippen molar-refractivity contribution < 1.29 is 4.39 Å². The summed E-state index contributed by atoms with van der Waals surface area (Å²) in [6.45, 7) is 0. The minimum Gasteiger partial charge on any atom is -0.360 e. The van der Waals surface area contributed by atoms with E-state index in [1.807, 2.05) is 30.3 Å². The number of tetrazole rings is 1. The van der Waals surface area contributed by atoms with Gasteiger partial charge in [0.1, 0.15) is 17.5 Å². The molecule has 0 amide bonds. The quantitative estimate of drug-likeness (QED) is 0.723. The number of hydrogen-bond acceptors (Lipinski definition) is 5. The van der Waals surface area contributed by atoms with Crippen LogP contribution in [0.2, 0.25) is 0 Å². The molecule has 0 aliphatic carbocycles. The summed E-state index contributed by atoms with van der Waals surface area (Å²) >= 11 is 0. The zero-order valence-corrected chi connectivity index (χ0v) is 11.9. The van der Waals surface area contributed by atoms with Gasteiger partial charge >= 0.3 is 0 Å². The molecule has 6 nitrogen and oxygen atoms in total. The maximum absolute atomic E-state index is 13.0. The molecule has 23 heavy (non-hydrogen) atoms. The van der Waals surface area contributed by atoms with Gasteiger partial charge in [0.05, 0.1) is 0 Å². The summed E-state index contributed by atoms with van der Waals surface area (Å²) in [6.07, 6.45) is 1.51. The summed E-state index contributed by atoms with van der Waals surface area (Å²) in [5.41, 5.74) is 2.87. The molecule has 0 fully saturated rings. The lowest BCUT2D eigenvalue weighted by Gasteiger charge is -2.06. The van der Waals surface area contributed by atoms with Gasteiger partial charge in [-0.1, -0.05) is 24.3 Å². The van der Waals surface area contributed by atoms with E-state index < -0.39 is 0 Å². The third-order valence-electron chi connectivity index (χ3n) is 3.13. The van der Waals surface area contributed by atoms with Crippen LogP contribution < -0.4 is 5.32 Å². The number of halogens is 1. The van der Waals surface area contributed by atoms with E-state index in [4.69, 9.17) is 5.26 Å². The van der Waals surface area contributed by atoms with Crippen molar-refractivity contribution in [3.05, 3.63) is 66.4 Å². The van der Waals surface area contributed by atoms with Gasteiger partial charge in [0.25, 0.3) is 0 Å². The molecular weight excluding hydrogens is 295 g/mol. The molecule has 0 spiro atoms. The maximum Gasteiger partial charge on any atom is 0.216 e. The first-order valence-corrected chi connectivity index (χ1v) is 6.73. The van der Waals surface area contributed by atoms with Crippen LogP contribution in [0.4, 0.5) is 10.1 Å². The lowest BCUT2D eigenvalue weighted by atomic mass is 10.1. The number of nitrogens with one attached hydrogen (secondary N) is 2. The number of nitriles is 1. The molecule has 0 unspecified atom stereocenters. The third-order valence-corrected chi connectivity index (χ3v) is 3.13. The summed E-state index contributed by atoms with van der Waals surface area (Å²) < 4.78 is 13.0. The van der Waals surface area contributed by atoms with Gasteiger partial charge in [0.2, 0.25) is 5.82 Å². The van der Waals surface area contributed by atoms with Crippen molar-refractivity contribution in [2.45, 2.75) is 0 Å². The van der Waals surface area contributed by atoms with E-state index in [1.54, 1.807) is 12.1 Å². The van der Waals surface area contributed by atoms with Crippen LogP contribution in [0, 0.1) is 17.1 Å². The first kappa shape index (κ1) is 14.4. The highest BCUT2D eigenvalue weighted by Gasteiger charge is 2.05. The van der Waals surface area contributed by atoms with Crippen molar-refractivity contribution in [3.8, 4) is 17.2 Å². The minimum atomic E-state index is -0.273. The molecule has 0 bridgehead atoms. The Morgan fingerprint density at radius 2 is 2.00 bits per heavy atom. The number of anilines is 1. The highest BCUT2D eigenvalue weighted by molar-refractivity contribution is 5.75. The van der Waals surface area contributed by atoms with Crippen molar-refractivity contribution in [3.63, 3.8) is 0 Å². The van der Waals surface area contributed by atoms with Crippen molar-refractivity contribution in [1.82, 2.24) is 20.6 Å². The standard InChI is InChI=1S/C16H11FN6/c17-14-6-4-11(5-7-14)12-2-1-3-15(8-12)19-10-13(9-18)16-20-22-23-21-16/h1-8,10,19H,(H,20,21,22,23). The molecule has 2 N–H and O–H groups in total. The number of allylic oxidation sites excluding steroid dienone is 1. The fourth-order valence-corrected chi connectivity index (χ4v) is 2.01. The Morgan fingerprint density at radius 1 is 1.17 bits per heavy atom. The number of hydrogen-bond donors (Lipinski definition) is 2. The molecule has 0 aliphatic heterocycles. The second-order valence-electron chi connectivity index (χ2n) is 4.64. The maximum atomic E-state index is 13.0. The Labute approximate surface area is 131 Å². The van der Waals surface area contributed by atoms with Crippen molar-refractivity contribution >= 4 is 11.3 Å². The monoisotopic (exact) mass is 306 g/mol. The van der Waals surface area contributed by atoms with E-state index in [-0.39, 0.29) is 17.2 Å². The molecule has 0 saturated heterocycles. The van der Waals surface area contributed by atoms with E-state index in [0.717, 1.165) is 16.8 Å². The van der Waals surface area contributed by atoms with Crippen LogP contribution in [0.3, 0.4) is 0 Å². The Balaban J connectivity index is 1.83. The van der Waals surface area contributed by atoms with Crippen LogP contribution >= 0.6 is 0 Å². The summed E-state index contributed by atoms with van der Waals surface area (Å²) in [6, 6.07) is 15.8. The Kier molecular flexibility index (Phi) is 4.07. The van der Waals surface area contributed by atoms with Crippen LogP contribution in [0.15, 0.2) is 54.7 Å². The Hall–Kier alpha value is -3.53. The predicted molar refractivity (Wildman–Crippen MR) is 83.2 cm³/mol. The molecule has 0 atom stereocenters. The first-order chi connectivity index (χ1) is 11.3. The van der Waals surface area contributed by atoms with Crippen LogP contribution in [0.25, 0.3) is 16.7 Å². The van der Waals surface area contributed by atoms with E-state index in [1.165, 1.54) is 18.3 Å². The highest BCUT2D eigenvalue weighted by atomic mass is 19.1. The van der Waals surface area contributed by atoms with E-state index in [2.05, 4.69) is 25.9 Å². The number of rotatable bonds is 4. The number of aromatic amines is 1. The lowest BCUT2D eigenvalue weighted by molar-refractivity contribution is 0.628. The normalized spacial score (nSPS) is 11.0. The van der Waals surface area contributed by atoms with Crippen LogP contribution in [-0.4, -0.2) is 20.6 Å². The summed E-state index contributed by atoms with van der Waals surface area (Å²) in [7, 11) is 0. The molecule has 2 aromatic carbocycles. The Morgan fingerprint density at radius 3 is 2.70 bits per heavy atom. The van der Waals surface area contributed by atoms with Gasteiger partial charge in [-0.3, -0.25) is 0 Å². The van der Waals surface area contributed by atoms with Gasteiger partial charge in [0, 0.05) is 11.9 Å². The number of nitrogens with zero attached hydrogens (tertiary/aromatic N) is 4. The molecule has 0 aliphatic rings. The largest absolute Gasteiger partial charge is 0.360 e. The van der Waals surface area contributed by atoms with Gasteiger partial charge in [-0.25, -0.2) is 4.39 Å². The molecule has 3 aromatic rings. The topological polar surface area (TPSA) is 90.3 Å². The highest BCUT2D eigenvalue weighted by Crippen LogP contribution is 2.23. The molecule has 0 saturated carbocycles. The van der Waals surface area contributed by atoms with Gasteiger partial charge < -0.3 is 5.32 Å². The second-order valence-corrected chi connectivity index (χ2v) is 4.64. The zero-order chi connectivity index (χ0) is 16.1. The first-order valence-electron chi connectivity index (χ1n) is 6.73. The van der Waals surface area contributed by atoms with Crippen LogP contribution in [-0.2, 0) is 0 Å². The molecule has 1 aromatic heterocycles. The molecule has 0 radical (unpaired) electrons. The lowest BCUT2D eigenvalue weighted by Crippen LogP contribution is -1.93. The third kappa shape index (κ3) is 3.39. The average Bonchev–Trinajstić information content (AvgIpc) is 3.11. The molecule has 7 heteroatoms. The fraction of sp³-hybridized carbons (Fsp3) is 0. The number of H-pyrrole nitrogens is 1. The zero-order valence-electron chi connectivity index (χ0n) is 11.9. The second kappa shape index (κ2) is 6.49. The fourth-order valence-electron chi connectivity index (χ4n) is 2.01. The summed E-state index contributed by atoms with van der Waals surface area (Å²) in [4.78, 5) is 0. The summed E-state index contributed by atoms with van der Waals surface area (Å²) in [5, 5.41) is 25.4. The Bertz CT molecular complexity index is 862. The molecular formula is C16H11FN6. The van der Waals surface area contributed by atoms with Gasteiger partial charge in [-0.15, -0.1) is 10.2 Å². The van der Waals surface area contributed by atoms with Crippen molar-refractivity contribution in [2.24, 2.45) is 0 Å². The van der Waals surface area contributed by atoms with Crippen LogP contribution in [0.5, 0.6) is 0 Å². The SMILES string of the molecule is N#CC(=CNc1cccc(-c2ccc(F)cc2)c1)c1nn[nH]n1. The average molecular weight is 306 g/mol. The van der Waals surface area contributed by atoms with Gasteiger partial charge in [0.15, 0.2) is 0 Å². The number of aromatic nitrogens is 4. The minimum absolute atomic E-state index is 0.217. The van der Waals surface area contributed by atoms with E-state index in [9.17, 15) is 4.39 Å². The van der Waals surface area contributed by atoms with Gasteiger partial charge in [-0.2, -0.15) is 10.5 Å². The summed E-state index contributed by atoms with van der Waals surface area (Å²) in [5.74, 6) is -0.0561. The van der Waals surface area contributed by atoms with E-state index in [0.29, 0.717) is 0 Å². The smallest absolute Gasteiger partial charge is 0.216 e. The number of benzene rings is 2. The van der Waals surface area contributed by atoms with Crippen molar-refractivity contribution in [2.75, 3.05) is 5.32 Å². The van der Waals surface area contributed by atoms with Crippen molar-refractivity contribution in [1.29, 1.82) is 5.26 Å². The predicted octanol–water partition coefficient (Wildman–Crippen LogP) is 2.98. The molecule has 1 heterocycles. The molecule has 3 rings (SSSR count). The van der Waals surface area contributed by atoms with Gasteiger partial charge in [-0.05, 0) is 40.6 Å². The van der Waals surface area contributed by atoms with E-state index >= 15 is 0 Å².